The second-order valence-corrected chi connectivity index (χ2v) is 7.53. The highest BCUT2D eigenvalue weighted by molar-refractivity contribution is 14.0. The summed E-state index contributed by atoms with van der Waals surface area (Å²) in [5.74, 6) is 4.09. The molecule has 2 aromatic carbocycles. The molecule has 0 aliphatic carbocycles. The predicted molar refractivity (Wildman–Crippen MR) is 142 cm³/mol. The Morgan fingerprint density at radius 2 is 1.52 bits per heavy atom. The molecular weight excluding hydrogens is 535 g/mol. The van der Waals surface area contributed by atoms with Gasteiger partial charge in [0.15, 0.2) is 17.5 Å². The Morgan fingerprint density at radius 1 is 0.848 bits per heavy atom. The first kappa shape index (κ1) is 26.8. The lowest BCUT2D eigenvalue weighted by Crippen LogP contribution is -2.52. The van der Waals surface area contributed by atoms with Crippen molar-refractivity contribution in [2.75, 3.05) is 61.7 Å². The number of aliphatic imine (C=N–C) groups is 1. The average molecular weight is 570 g/mol. The van der Waals surface area contributed by atoms with Crippen LogP contribution in [0.2, 0.25) is 0 Å². The van der Waals surface area contributed by atoms with Gasteiger partial charge in [-0.3, -0.25) is 9.89 Å². The van der Waals surface area contributed by atoms with Crippen LogP contribution in [0.4, 0.5) is 0 Å². The van der Waals surface area contributed by atoms with Crippen molar-refractivity contribution in [1.29, 1.82) is 0 Å². The number of methoxy groups -OCH3 is 4. The third-order valence-electron chi connectivity index (χ3n) is 5.66. The average Bonchev–Trinajstić information content (AvgIpc) is 2.85. The third kappa shape index (κ3) is 7.04. The summed E-state index contributed by atoms with van der Waals surface area (Å²) in [6, 6.07) is 11.9. The summed E-state index contributed by atoms with van der Waals surface area (Å²) in [5.41, 5.74) is 2.24. The maximum absolute atomic E-state index is 5.53. The minimum atomic E-state index is 0. The molecule has 1 aliphatic heterocycles. The topological polar surface area (TPSA) is 67.8 Å². The van der Waals surface area contributed by atoms with Crippen LogP contribution in [0, 0.1) is 0 Å². The third-order valence-corrected chi connectivity index (χ3v) is 5.66. The highest BCUT2D eigenvalue weighted by atomic mass is 127. The Labute approximate surface area is 213 Å². The molecule has 182 valence electrons. The SMILES string of the molecule is CN=C(NCc1ccc(OC)c(OC)c1)N1CCN(Cc2cc(OC)ccc2OC)CC1.I. The molecule has 0 aromatic heterocycles. The van der Waals surface area contributed by atoms with Crippen molar-refractivity contribution in [3.63, 3.8) is 0 Å². The fourth-order valence-electron chi connectivity index (χ4n) is 3.87. The first-order valence-corrected chi connectivity index (χ1v) is 10.7. The summed E-state index contributed by atoms with van der Waals surface area (Å²) in [6.07, 6.45) is 0. The standard InChI is InChI=1S/C24H34N4O4.HI/c1-25-24(26-16-18-6-8-22(31-4)23(14-18)32-5)28-12-10-27(11-13-28)17-19-15-20(29-2)7-9-21(19)30-3;/h6-9,14-15H,10-13,16-17H2,1-5H3,(H,25,26);1H. The number of benzene rings is 2. The number of nitrogens with one attached hydrogen (secondary N) is 1. The molecule has 0 saturated carbocycles. The minimum Gasteiger partial charge on any atom is -0.497 e. The molecule has 1 N–H and O–H groups in total. The summed E-state index contributed by atoms with van der Waals surface area (Å²) >= 11 is 0. The van der Waals surface area contributed by atoms with Crippen LogP contribution in [0.15, 0.2) is 41.4 Å². The molecule has 0 atom stereocenters. The van der Waals surface area contributed by atoms with E-state index < -0.39 is 0 Å². The Kier molecular flexibility index (Phi) is 10.9. The number of guanidine groups is 1. The van der Waals surface area contributed by atoms with Gasteiger partial charge >= 0.3 is 0 Å². The molecule has 0 radical (unpaired) electrons. The Balaban J connectivity index is 0.00000385. The molecule has 1 aliphatic rings. The van der Waals surface area contributed by atoms with Gasteiger partial charge in [-0.1, -0.05) is 6.07 Å². The lowest BCUT2D eigenvalue weighted by atomic mass is 10.1. The number of halogens is 1. The molecule has 1 saturated heterocycles. The Morgan fingerprint density at radius 3 is 2.12 bits per heavy atom. The van der Waals surface area contributed by atoms with Crippen LogP contribution in [0.5, 0.6) is 23.0 Å². The molecular formula is C24H35IN4O4. The zero-order chi connectivity index (χ0) is 22.9. The zero-order valence-electron chi connectivity index (χ0n) is 20.1. The summed E-state index contributed by atoms with van der Waals surface area (Å²) in [7, 11) is 8.50. The van der Waals surface area contributed by atoms with Crippen LogP contribution in [-0.2, 0) is 13.1 Å². The van der Waals surface area contributed by atoms with Gasteiger partial charge in [-0.15, -0.1) is 24.0 Å². The second-order valence-electron chi connectivity index (χ2n) is 7.53. The Hall–Kier alpha value is -2.40. The maximum Gasteiger partial charge on any atom is 0.194 e. The van der Waals surface area contributed by atoms with Gasteiger partial charge in [0.2, 0.25) is 0 Å². The van der Waals surface area contributed by atoms with Gasteiger partial charge in [0, 0.05) is 51.9 Å². The van der Waals surface area contributed by atoms with Crippen molar-refractivity contribution in [3.05, 3.63) is 47.5 Å². The van der Waals surface area contributed by atoms with Gasteiger partial charge in [0.25, 0.3) is 0 Å². The van der Waals surface area contributed by atoms with E-state index in [0.29, 0.717) is 6.54 Å². The van der Waals surface area contributed by atoms with E-state index in [2.05, 4.69) is 26.2 Å². The van der Waals surface area contributed by atoms with Crippen molar-refractivity contribution in [2.24, 2.45) is 4.99 Å². The van der Waals surface area contributed by atoms with Gasteiger partial charge in [-0.2, -0.15) is 0 Å². The van der Waals surface area contributed by atoms with Crippen LogP contribution in [0.25, 0.3) is 0 Å². The van der Waals surface area contributed by atoms with E-state index >= 15 is 0 Å². The van der Waals surface area contributed by atoms with Crippen LogP contribution in [0.1, 0.15) is 11.1 Å². The Bertz CT molecular complexity index is 917. The summed E-state index contributed by atoms with van der Waals surface area (Å²) in [5, 5.41) is 3.47. The summed E-state index contributed by atoms with van der Waals surface area (Å²) in [4.78, 5) is 9.20. The zero-order valence-corrected chi connectivity index (χ0v) is 22.4. The van der Waals surface area contributed by atoms with E-state index in [0.717, 1.165) is 72.8 Å². The predicted octanol–water partition coefficient (Wildman–Crippen LogP) is 3.23. The van der Waals surface area contributed by atoms with E-state index in [1.165, 1.54) is 0 Å². The molecule has 8 nitrogen and oxygen atoms in total. The summed E-state index contributed by atoms with van der Waals surface area (Å²) in [6.45, 7) is 5.17. The van der Waals surface area contributed by atoms with E-state index in [-0.39, 0.29) is 24.0 Å². The molecule has 0 amide bonds. The number of rotatable bonds is 8. The lowest BCUT2D eigenvalue weighted by Gasteiger charge is -2.36. The first-order chi connectivity index (χ1) is 15.6. The van der Waals surface area contributed by atoms with Crippen molar-refractivity contribution in [1.82, 2.24) is 15.1 Å². The molecule has 0 bridgehead atoms. The quantitative estimate of drug-likeness (QED) is 0.297. The molecule has 3 rings (SSSR count). The highest BCUT2D eigenvalue weighted by Gasteiger charge is 2.21. The second kappa shape index (κ2) is 13.3. The van der Waals surface area contributed by atoms with Gasteiger partial charge < -0.3 is 29.2 Å². The van der Waals surface area contributed by atoms with Crippen LogP contribution < -0.4 is 24.3 Å². The molecule has 0 unspecified atom stereocenters. The number of hydrogen-bond donors (Lipinski definition) is 1. The van der Waals surface area contributed by atoms with Crippen molar-refractivity contribution >= 4 is 29.9 Å². The molecule has 1 heterocycles. The molecule has 2 aromatic rings. The van der Waals surface area contributed by atoms with Crippen LogP contribution >= 0.6 is 24.0 Å². The monoisotopic (exact) mass is 570 g/mol. The maximum atomic E-state index is 5.53. The number of ether oxygens (including phenoxy) is 4. The van der Waals surface area contributed by atoms with Crippen molar-refractivity contribution in [2.45, 2.75) is 13.1 Å². The number of hydrogen-bond acceptors (Lipinski definition) is 6. The van der Waals surface area contributed by atoms with E-state index in [1.807, 2.05) is 37.4 Å². The fraction of sp³-hybridized carbons (Fsp3) is 0.458. The van der Waals surface area contributed by atoms with E-state index in [4.69, 9.17) is 18.9 Å². The lowest BCUT2D eigenvalue weighted by molar-refractivity contribution is 0.171. The molecule has 9 heteroatoms. The number of nitrogens with zero attached hydrogens (tertiary/aromatic N) is 3. The van der Waals surface area contributed by atoms with Gasteiger partial charge in [0.05, 0.1) is 28.4 Å². The van der Waals surface area contributed by atoms with Gasteiger partial charge in [-0.25, -0.2) is 0 Å². The largest absolute Gasteiger partial charge is 0.497 e. The molecule has 0 spiro atoms. The molecule has 33 heavy (non-hydrogen) atoms. The normalized spacial score (nSPS) is 14.3. The minimum absolute atomic E-state index is 0. The number of piperazine rings is 1. The smallest absolute Gasteiger partial charge is 0.194 e. The van der Waals surface area contributed by atoms with Crippen molar-refractivity contribution in [3.8, 4) is 23.0 Å². The van der Waals surface area contributed by atoms with Gasteiger partial charge in [0.1, 0.15) is 11.5 Å². The van der Waals surface area contributed by atoms with E-state index in [9.17, 15) is 0 Å². The fourth-order valence-corrected chi connectivity index (χ4v) is 3.87. The van der Waals surface area contributed by atoms with Crippen molar-refractivity contribution < 1.29 is 18.9 Å². The van der Waals surface area contributed by atoms with Gasteiger partial charge in [-0.05, 0) is 35.9 Å². The van der Waals surface area contributed by atoms with Crippen LogP contribution in [0.3, 0.4) is 0 Å². The van der Waals surface area contributed by atoms with E-state index in [1.54, 1.807) is 28.4 Å². The first-order valence-electron chi connectivity index (χ1n) is 10.7. The highest BCUT2D eigenvalue weighted by Crippen LogP contribution is 2.28. The summed E-state index contributed by atoms with van der Waals surface area (Å²) < 4.78 is 21.6. The molecule has 1 fully saturated rings. The van der Waals surface area contributed by atoms with Crippen LogP contribution in [-0.4, -0.2) is 77.4 Å².